The molecule has 3 nitrogen and oxygen atoms in total. The molecule has 1 rings (SSSR count). The van der Waals surface area contributed by atoms with Crippen LogP contribution >= 0.6 is 11.6 Å². The maximum absolute atomic E-state index is 6.21. The second kappa shape index (κ2) is 8.48. The second-order valence-corrected chi connectivity index (χ2v) is 6.09. The molecule has 20 heavy (non-hydrogen) atoms. The van der Waals surface area contributed by atoms with Crippen molar-refractivity contribution in [2.45, 2.75) is 53.1 Å². The van der Waals surface area contributed by atoms with Gasteiger partial charge in [-0.3, -0.25) is 0 Å². The zero-order valence-electron chi connectivity index (χ0n) is 13.4. The van der Waals surface area contributed by atoms with Crippen LogP contribution in [0.25, 0.3) is 0 Å². The number of nitrogens with one attached hydrogen (secondary N) is 1. The van der Waals surface area contributed by atoms with Crippen molar-refractivity contribution in [1.29, 1.82) is 0 Å². The lowest BCUT2D eigenvalue weighted by Crippen LogP contribution is -2.38. The molecule has 1 N–H and O–H groups in total. The van der Waals surface area contributed by atoms with Gasteiger partial charge in [-0.15, -0.1) is 0 Å². The lowest BCUT2D eigenvalue weighted by atomic mass is 10.1. The number of hydrogen-bond donors (Lipinski definition) is 1. The molecular weight excluding hydrogens is 270 g/mol. The molecule has 0 spiro atoms. The minimum Gasteiger partial charge on any atom is -0.353 e. The third-order valence-corrected chi connectivity index (χ3v) is 3.87. The molecule has 0 radical (unpaired) electrons. The fourth-order valence-electron chi connectivity index (χ4n) is 2.50. The predicted molar refractivity (Wildman–Crippen MR) is 88.6 cm³/mol. The van der Waals surface area contributed by atoms with Gasteiger partial charge < -0.3 is 10.2 Å². The third kappa shape index (κ3) is 4.64. The average Bonchev–Trinajstić information content (AvgIpc) is 2.41. The van der Waals surface area contributed by atoms with Crippen LogP contribution in [0.2, 0.25) is 5.02 Å². The summed E-state index contributed by atoms with van der Waals surface area (Å²) in [5, 5.41) is 3.89. The van der Waals surface area contributed by atoms with Gasteiger partial charge in [-0.1, -0.05) is 39.3 Å². The highest BCUT2D eigenvalue weighted by atomic mass is 35.5. The molecule has 0 aliphatic rings. The topological polar surface area (TPSA) is 28.2 Å². The van der Waals surface area contributed by atoms with Crippen LogP contribution in [-0.2, 0) is 6.54 Å². The second-order valence-electron chi connectivity index (χ2n) is 5.68. The van der Waals surface area contributed by atoms with E-state index in [2.05, 4.69) is 49.0 Å². The molecule has 0 atom stereocenters. The standard InChI is InChI=1S/C16H28ClN3/c1-6-14(7-2)20(11-12(3)4)16-8-13(9-18-5)15(17)10-19-16/h8,10,12,14,18H,6-7,9,11H2,1-5H3. The molecule has 1 aromatic heterocycles. The molecule has 0 bridgehead atoms. The highest BCUT2D eigenvalue weighted by Gasteiger charge is 2.19. The van der Waals surface area contributed by atoms with Crippen LogP contribution in [0.15, 0.2) is 12.3 Å². The first-order chi connectivity index (χ1) is 9.53. The SMILES string of the molecule is CCC(CC)N(CC(C)C)c1cc(CNC)c(Cl)cn1. The predicted octanol–water partition coefficient (Wildman–Crippen LogP) is 4.11. The van der Waals surface area contributed by atoms with Crippen molar-refractivity contribution in [2.75, 3.05) is 18.5 Å². The number of hydrogen-bond acceptors (Lipinski definition) is 3. The van der Waals surface area contributed by atoms with Gasteiger partial charge in [-0.05, 0) is 37.4 Å². The summed E-state index contributed by atoms with van der Waals surface area (Å²) in [6, 6.07) is 2.66. The van der Waals surface area contributed by atoms with E-state index in [1.165, 1.54) is 0 Å². The summed E-state index contributed by atoms with van der Waals surface area (Å²) in [7, 11) is 1.93. The Morgan fingerprint density at radius 3 is 2.45 bits per heavy atom. The first kappa shape index (κ1) is 17.3. The van der Waals surface area contributed by atoms with E-state index in [9.17, 15) is 0 Å². The van der Waals surface area contributed by atoms with Crippen molar-refractivity contribution >= 4 is 17.4 Å². The van der Waals surface area contributed by atoms with Gasteiger partial charge in [0.15, 0.2) is 0 Å². The summed E-state index contributed by atoms with van der Waals surface area (Å²) in [5.74, 6) is 1.66. The molecule has 0 aliphatic carbocycles. The van der Waals surface area contributed by atoms with Crippen molar-refractivity contribution in [3.05, 3.63) is 22.8 Å². The van der Waals surface area contributed by atoms with Crippen molar-refractivity contribution in [2.24, 2.45) is 5.92 Å². The Morgan fingerprint density at radius 2 is 1.95 bits per heavy atom. The molecule has 0 amide bonds. The van der Waals surface area contributed by atoms with E-state index in [0.717, 1.165) is 42.3 Å². The Kier molecular flexibility index (Phi) is 7.31. The minimum absolute atomic E-state index is 0.536. The fourth-order valence-corrected chi connectivity index (χ4v) is 2.67. The fraction of sp³-hybridized carbons (Fsp3) is 0.688. The molecule has 0 unspecified atom stereocenters. The number of aromatic nitrogens is 1. The molecule has 0 aromatic carbocycles. The van der Waals surface area contributed by atoms with E-state index >= 15 is 0 Å². The van der Waals surface area contributed by atoms with E-state index in [0.29, 0.717) is 12.0 Å². The van der Waals surface area contributed by atoms with Crippen LogP contribution in [0.3, 0.4) is 0 Å². The number of pyridine rings is 1. The minimum atomic E-state index is 0.536. The van der Waals surface area contributed by atoms with Gasteiger partial charge >= 0.3 is 0 Å². The zero-order valence-corrected chi connectivity index (χ0v) is 14.2. The monoisotopic (exact) mass is 297 g/mol. The van der Waals surface area contributed by atoms with Crippen LogP contribution in [0.1, 0.15) is 46.1 Å². The van der Waals surface area contributed by atoms with Crippen LogP contribution < -0.4 is 10.2 Å². The Hall–Kier alpha value is -0.800. The summed E-state index contributed by atoms with van der Waals surface area (Å²) in [4.78, 5) is 6.99. The van der Waals surface area contributed by atoms with Gasteiger partial charge in [0.25, 0.3) is 0 Å². The Morgan fingerprint density at radius 1 is 1.30 bits per heavy atom. The van der Waals surface area contributed by atoms with E-state index in [1.54, 1.807) is 6.20 Å². The normalized spacial score (nSPS) is 11.4. The van der Waals surface area contributed by atoms with Crippen LogP contribution in [0, 0.1) is 5.92 Å². The van der Waals surface area contributed by atoms with E-state index in [-0.39, 0.29) is 0 Å². The molecule has 1 heterocycles. The van der Waals surface area contributed by atoms with E-state index < -0.39 is 0 Å². The summed E-state index contributed by atoms with van der Waals surface area (Å²) in [6.07, 6.45) is 4.04. The van der Waals surface area contributed by atoms with E-state index in [4.69, 9.17) is 11.6 Å². The molecule has 114 valence electrons. The quantitative estimate of drug-likeness (QED) is 0.783. The maximum Gasteiger partial charge on any atom is 0.129 e. The largest absolute Gasteiger partial charge is 0.353 e. The summed E-state index contributed by atoms with van der Waals surface area (Å²) in [6.45, 7) is 10.8. The lowest BCUT2D eigenvalue weighted by molar-refractivity contribution is 0.503. The molecule has 0 saturated heterocycles. The summed E-state index contributed by atoms with van der Waals surface area (Å²) >= 11 is 6.21. The Balaban J connectivity index is 3.09. The van der Waals surface area contributed by atoms with E-state index in [1.807, 2.05) is 7.05 Å². The Bertz CT molecular complexity index is 403. The van der Waals surface area contributed by atoms with Gasteiger partial charge in [-0.2, -0.15) is 0 Å². The van der Waals surface area contributed by atoms with Gasteiger partial charge in [0.05, 0.1) is 5.02 Å². The first-order valence-corrected chi connectivity index (χ1v) is 7.96. The summed E-state index contributed by atoms with van der Waals surface area (Å²) < 4.78 is 0. The van der Waals surface area contributed by atoms with Crippen molar-refractivity contribution in [3.8, 4) is 0 Å². The van der Waals surface area contributed by atoms with Crippen molar-refractivity contribution in [1.82, 2.24) is 10.3 Å². The molecule has 0 saturated carbocycles. The van der Waals surface area contributed by atoms with Gasteiger partial charge in [0, 0.05) is 25.3 Å². The molecule has 1 aromatic rings. The highest BCUT2D eigenvalue weighted by Crippen LogP contribution is 2.24. The smallest absolute Gasteiger partial charge is 0.129 e. The average molecular weight is 298 g/mol. The van der Waals surface area contributed by atoms with Gasteiger partial charge in [0.2, 0.25) is 0 Å². The van der Waals surface area contributed by atoms with Crippen LogP contribution in [0.4, 0.5) is 5.82 Å². The van der Waals surface area contributed by atoms with Crippen molar-refractivity contribution < 1.29 is 0 Å². The number of nitrogens with zero attached hydrogens (tertiary/aromatic N) is 2. The van der Waals surface area contributed by atoms with Crippen LogP contribution in [-0.4, -0.2) is 24.6 Å². The van der Waals surface area contributed by atoms with Gasteiger partial charge in [-0.25, -0.2) is 4.98 Å². The molecular formula is C16H28ClN3. The number of halogens is 1. The summed E-state index contributed by atoms with van der Waals surface area (Å²) in [5.41, 5.74) is 1.11. The lowest BCUT2D eigenvalue weighted by Gasteiger charge is -2.33. The number of rotatable bonds is 8. The molecule has 0 fully saturated rings. The zero-order chi connectivity index (χ0) is 15.1. The molecule has 0 aliphatic heterocycles. The molecule has 4 heteroatoms. The third-order valence-electron chi connectivity index (χ3n) is 3.53. The maximum atomic E-state index is 6.21. The Labute approximate surface area is 128 Å². The van der Waals surface area contributed by atoms with Crippen molar-refractivity contribution in [3.63, 3.8) is 0 Å². The first-order valence-electron chi connectivity index (χ1n) is 7.59. The van der Waals surface area contributed by atoms with Crippen LogP contribution in [0.5, 0.6) is 0 Å². The number of anilines is 1. The highest BCUT2D eigenvalue weighted by molar-refractivity contribution is 6.31. The van der Waals surface area contributed by atoms with Gasteiger partial charge in [0.1, 0.15) is 5.82 Å².